The van der Waals surface area contributed by atoms with Crippen molar-refractivity contribution in [1.82, 2.24) is 15.1 Å². The second kappa shape index (κ2) is 8.71. The fourth-order valence-corrected chi connectivity index (χ4v) is 6.80. The number of hydrogen-bond acceptors (Lipinski definition) is 9. The van der Waals surface area contributed by atoms with Gasteiger partial charge in [0, 0.05) is 21.0 Å². The summed E-state index contributed by atoms with van der Waals surface area (Å²) in [5, 5.41) is 23.0. The van der Waals surface area contributed by atoms with Crippen molar-refractivity contribution in [2.45, 2.75) is 13.8 Å². The zero-order chi connectivity index (χ0) is 25.9. The maximum absolute atomic E-state index is 15.1. The lowest BCUT2D eigenvalue weighted by molar-refractivity contribution is 0.355. The molecule has 5 rings (SSSR count). The molecule has 6 nitrogen and oxygen atoms in total. The average Bonchev–Trinajstić information content (AvgIpc) is 3.61. The third-order valence-corrected chi connectivity index (χ3v) is 8.83. The van der Waals surface area contributed by atoms with Gasteiger partial charge in [-0.2, -0.15) is 10.5 Å². The third kappa shape index (κ3) is 3.55. The summed E-state index contributed by atoms with van der Waals surface area (Å²) in [6.07, 6.45) is 0. The first-order valence-electron chi connectivity index (χ1n) is 10.0. The Bertz CT molecular complexity index is 1960. The maximum Gasteiger partial charge on any atom is 0.217 e. The number of aromatic nitrogens is 2. The van der Waals surface area contributed by atoms with E-state index in [4.69, 9.17) is 15.3 Å². The van der Waals surface area contributed by atoms with Gasteiger partial charge in [-0.05, 0) is 26.0 Å². The van der Waals surface area contributed by atoms with E-state index in [9.17, 15) is 0 Å². The average molecular weight is 546 g/mol. The van der Waals surface area contributed by atoms with Gasteiger partial charge in [0.25, 0.3) is 0 Å². The van der Waals surface area contributed by atoms with Crippen LogP contribution in [-0.4, -0.2) is 22.1 Å². The van der Waals surface area contributed by atoms with Crippen molar-refractivity contribution in [2.24, 2.45) is 0 Å². The van der Waals surface area contributed by atoms with E-state index < -0.39 is 43.9 Å². The van der Waals surface area contributed by atoms with Gasteiger partial charge in [0.2, 0.25) is 5.88 Å². The number of rotatable bonds is 0. The predicted octanol–water partition coefficient (Wildman–Crippen LogP) is 4.42. The molecular formula is C23H11F4N5OS3. The van der Waals surface area contributed by atoms with E-state index in [-0.39, 0.29) is 9.20 Å². The first-order valence-corrected chi connectivity index (χ1v) is 12.5. The summed E-state index contributed by atoms with van der Waals surface area (Å²) in [7, 11) is 1.86. The molecule has 36 heavy (non-hydrogen) atoms. The van der Waals surface area contributed by atoms with E-state index in [0.717, 1.165) is 27.3 Å². The Labute approximate surface area is 211 Å². The van der Waals surface area contributed by atoms with Crippen molar-refractivity contribution < 1.29 is 22.3 Å². The van der Waals surface area contributed by atoms with Crippen molar-refractivity contribution in [2.75, 3.05) is 7.05 Å². The maximum atomic E-state index is 15.1. The fourth-order valence-electron chi connectivity index (χ4n) is 3.54. The van der Waals surface area contributed by atoms with E-state index in [1.165, 1.54) is 17.4 Å². The highest BCUT2D eigenvalue weighted by Crippen LogP contribution is 2.31. The lowest BCUT2D eigenvalue weighted by atomic mass is 10.2. The van der Waals surface area contributed by atoms with Gasteiger partial charge >= 0.3 is 0 Å². The fraction of sp³-hybridized carbons (Fsp3) is 0.130. The van der Waals surface area contributed by atoms with E-state index >= 15 is 17.6 Å². The number of fused-ring (bicyclic) bond motifs is 1. The minimum Gasteiger partial charge on any atom is -0.442 e. The molecule has 0 saturated heterocycles. The molecule has 0 aliphatic carbocycles. The van der Waals surface area contributed by atoms with E-state index in [2.05, 4.69) is 10.2 Å². The molecule has 0 N–H and O–H groups in total. The summed E-state index contributed by atoms with van der Waals surface area (Å²) in [6.45, 7) is 3.76. The lowest BCUT2D eigenvalue weighted by Gasteiger charge is -2.11. The Morgan fingerprint density at radius 1 is 0.861 bits per heavy atom. The van der Waals surface area contributed by atoms with Crippen LogP contribution in [0, 0.1) is 65.6 Å². The number of nitriles is 2. The van der Waals surface area contributed by atoms with Crippen LogP contribution in [0.4, 0.5) is 17.6 Å². The smallest absolute Gasteiger partial charge is 0.217 e. The zero-order valence-corrected chi connectivity index (χ0v) is 21.0. The Morgan fingerprint density at radius 2 is 1.42 bits per heavy atom. The molecule has 1 aliphatic heterocycles. The summed E-state index contributed by atoms with van der Waals surface area (Å²) < 4.78 is 67.5. The van der Waals surface area contributed by atoms with Crippen LogP contribution in [0.1, 0.15) is 13.8 Å². The molecular weight excluding hydrogens is 534 g/mol. The lowest BCUT2D eigenvalue weighted by Crippen LogP contribution is -2.15. The molecule has 4 aromatic rings. The van der Waals surface area contributed by atoms with Crippen LogP contribution >= 0.6 is 34.0 Å². The highest BCUT2D eigenvalue weighted by atomic mass is 32.1. The quantitative estimate of drug-likeness (QED) is 0.240. The van der Waals surface area contributed by atoms with Gasteiger partial charge in [-0.15, -0.1) is 32.9 Å². The largest absolute Gasteiger partial charge is 0.442 e. The topological polar surface area (TPSA) is 85.8 Å². The molecule has 0 bridgehead atoms. The first kappa shape index (κ1) is 23.9. The van der Waals surface area contributed by atoms with Crippen LogP contribution in [0.25, 0.3) is 20.9 Å². The van der Waals surface area contributed by atoms with Crippen LogP contribution in [0.15, 0.2) is 23.6 Å². The first-order chi connectivity index (χ1) is 17.2. The Kier molecular flexibility index (Phi) is 5.79. The molecule has 0 spiro atoms. The van der Waals surface area contributed by atoms with Crippen LogP contribution in [0.3, 0.4) is 0 Å². The van der Waals surface area contributed by atoms with Crippen molar-refractivity contribution in [1.29, 1.82) is 10.5 Å². The van der Waals surface area contributed by atoms with Gasteiger partial charge in [-0.3, -0.25) is 0 Å². The molecule has 0 atom stereocenters. The van der Waals surface area contributed by atoms with Crippen LogP contribution in [-0.2, 0) is 4.74 Å². The Morgan fingerprint density at radius 3 is 1.97 bits per heavy atom. The number of nitrogens with zero attached hydrogens (tertiary/aromatic N) is 5. The summed E-state index contributed by atoms with van der Waals surface area (Å²) in [4.78, 5) is 1.89. The number of thiophene rings is 2. The minimum absolute atomic E-state index is 0.0147. The molecule has 0 radical (unpaired) electrons. The molecule has 0 saturated carbocycles. The second-order valence-electron chi connectivity index (χ2n) is 7.57. The number of ether oxygens (including phenoxy) is 1. The minimum atomic E-state index is -1.65. The van der Waals surface area contributed by atoms with Crippen LogP contribution < -0.4 is 9.20 Å². The number of allylic oxidation sites excluding steroid dienone is 2. The summed E-state index contributed by atoms with van der Waals surface area (Å²) in [5.74, 6) is -5.06. The summed E-state index contributed by atoms with van der Waals surface area (Å²) >= 11 is 2.79. The van der Waals surface area contributed by atoms with Gasteiger partial charge in [-0.1, -0.05) is 11.3 Å². The van der Waals surface area contributed by atoms with Gasteiger partial charge in [-0.25, -0.2) is 17.6 Å². The highest BCUT2D eigenvalue weighted by molar-refractivity contribution is 7.26. The van der Waals surface area contributed by atoms with Crippen molar-refractivity contribution in [3.8, 4) is 12.1 Å². The standard InChI is InChI=1S/C23H11F4N5OS3/c1-8-9(2)33-23(32(8)3)14-5-12-11(35-14)4-13(34-12)15-17(24)19(26)16(20(27)18(15)25)22-31-30-21(36-22)10(6-28)7-29/h4-5H,1-3H3/b15-13?,22-16?,23-14+. The Hall–Kier alpha value is -3.78. The molecule has 1 aliphatic rings. The molecule has 1 aromatic carbocycles. The molecule has 0 fully saturated rings. The monoisotopic (exact) mass is 545 g/mol. The summed E-state index contributed by atoms with van der Waals surface area (Å²) in [5.41, 5.74) is 0.512. The number of hydrogen-bond donors (Lipinski definition) is 0. The molecule has 180 valence electrons. The normalized spacial score (nSPS) is 14.9. The van der Waals surface area contributed by atoms with Crippen molar-refractivity contribution in [3.63, 3.8) is 0 Å². The third-order valence-electron chi connectivity index (χ3n) is 5.57. The summed E-state index contributed by atoms with van der Waals surface area (Å²) in [6, 6.07) is 6.41. The van der Waals surface area contributed by atoms with Crippen LogP contribution in [0.5, 0.6) is 0 Å². The molecule has 0 amide bonds. The van der Waals surface area contributed by atoms with Gasteiger partial charge in [0.05, 0.1) is 20.7 Å². The van der Waals surface area contributed by atoms with Crippen LogP contribution in [0.2, 0.25) is 0 Å². The molecule has 0 unspecified atom stereocenters. The molecule has 3 aromatic heterocycles. The van der Waals surface area contributed by atoms with Crippen molar-refractivity contribution >= 4 is 54.9 Å². The SMILES string of the molecule is CC1=C(C)N(C)/C(=c2/cc3sc(=c4c(F)c(F)c(=c5nnc(=C(C#N)C#N)s5)c(F)c4F)cc3s2)O1. The Balaban J connectivity index is 1.80. The van der Waals surface area contributed by atoms with Crippen molar-refractivity contribution in [3.05, 3.63) is 75.7 Å². The zero-order valence-electron chi connectivity index (χ0n) is 18.5. The number of benzene rings is 1. The van der Waals surface area contributed by atoms with E-state index in [0.29, 0.717) is 26.6 Å². The van der Waals surface area contributed by atoms with Gasteiger partial charge in [0.1, 0.15) is 17.9 Å². The van der Waals surface area contributed by atoms with E-state index in [1.807, 2.05) is 25.8 Å². The molecule has 4 heterocycles. The molecule has 13 heteroatoms. The second-order valence-corrected chi connectivity index (χ2v) is 10.7. The predicted molar refractivity (Wildman–Crippen MR) is 126 cm³/mol. The van der Waals surface area contributed by atoms with E-state index in [1.54, 1.807) is 18.2 Å². The highest BCUT2D eigenvalue weighted by Gasteiger charge is 2.23. The number of halogens is 4. The van der Waals surface area contributed by atoms with Gasteiger partial charge in [0.15, 0.2) is 38.2 Å². The van der Waals surface area contributed by atoms with Gasteiger partial charge < -0.3 is 9.64 Å².